The monoisotopic (exact) mass is 341 g/mol. The van der Waals surface area contributed by atoms with Gasteiger partial charge in [-0.2, -0.15) is 0 Å². The number of esters is 1. The van der Waals surface area contributed by atoms with Crippen molar-refractivity contribution in [2.75, 3.05) is 0 Å². The molecule has 0 bridgehead atoms. The van der Waals surface area contributed by atoms with Gasteiger partial charge in [-0.05, 0) is 57.4 Å². The highest BCUT2D eigenvalue weighted by Gasteiger charge is 2.27. The highest BCUT2D eigenvalue weighted by atomic mass is 35.5. The zero-order valence-electron chi connectivity index (χ0n) is 14.2. The van der Waals surface area contributed by atoms with Crippen LogP contribution in [-0.2, 0) is 14.4 Å². The lowest BCUT2D eigenvalue weighted by Gasteiger charge is -2.24. The van der Waals surface area contributed by atoms with Crippen LogP contribution in [0.2, 0.25) is 5.02 Å². The number of carbonyl (C=O) groups excluding carboxylic acids is 2. The van der Waals surface area contributed by atoms with Crippen molar-refractivity contribution in [1.82, 2.24) is 5.48 Å². The van der Waals surface area contributed by atoms with Crippen molar-refractivity contribution in [3.05, 3.63) is 34.9 Å². The smallest absolute Gasteiger partial charge is 0.338 e. The Labute approximate surface area is 142 Å². The van der Waals surface area contributed by atoms with E-state index in [-0.39, 0.29) is 5.92 Å². The van der Waals surface area contributed by atoms with Crippen molar-refractivity contribution < 1.29 is 19.2 Å². The predicted octanol–water partition coefficient (Wildman–Crippen LogP) is 3.76. The van der Waals surface area contributed by atoms with E-state index < -0.39 is 23.6 Å². The topological polar surface area (TPSA) is 64.6 Å². The van der Waals surface area contributed by atoms with Gasteiger partial charge in [-0.15, -0.1) is 0 Å². The molecule has 0 aromatic heterocycles. The van der Waals surface area contributed by atoms with Gasteiger partial charge >= 0.3 is 5.97 Å². The summed E-state index contributed by atoms with van der Waals surface area (Å²) in [6.45, 7) is 9.26. The molecule has 0 saturated carbocycles. The van der Waals surface area contributed by atoms with Crippen LogP contribution >= 0.6 is 11.6 Å². The fourth-order valence-electron chi connectivity index (χ4n) is 1.77. The summed E-state index contributed by atoms with van der Waals surface area (Å²) in [6.07, 6.45) is -0.416. The number of halogens is 1. The van der Waals surface area contributed by atoms with Gasteiger partial charge in [0.15, 0.2) is 6.10 Å². The molecule has 1 N–H and O–H groups in total. The highest BCUT2D eigenvalue weighted by Crippen LogP contribution is 2.15. The van der Waals surface area contributed by atoms with Crippen molar-refractivity contribution in [3.8, 4) is 0 Å². The van der Waals surface area contributed by atoms with Crippen molar-refractivity contribution in [3.63, 3.8) is 0 Å². The molecule has 1 aromatic rings. The van der Waals surface area contributed by atoms with Crippen LogP contribution in [0.4, 0.5) is 0 Å². The summed E-state index contributed by atoms with van der Waals surface area (Å²) in [4.78, 5) is 29.5. The first-order chi connectivity index (χ1) is 10.6. The van der Waals surface area contributed by atoms with Gasteiger partial charge in [0.05, 0.1) is 0 Å². The van der Waals surface area contributed by atoms with E-state index in [1.807, 2.05) is 13.8 Å². The second-order valence-electron chi connectivity index (χ2n) is 6.71. The Hall–Kier alpha value is -1.59. The fourth-order valence-corrected chi connectivity index (χ4v) is 1.90. The van der Waals surface area contributed by atoms with Gasteiger partial charge in [0.25, 0.3) is 5.91 Å². The zero-order chi connectivity index (χ0) is 17.6. The number of hydrogen-bond donors (Lipinski definition) is 1. The van der Waals surface area contributed by atoms with Gasteiger partial charge in [-0.25, -0.2) is 10.3 Å². The lowest BCUT2D eigenvalue weighted by Crippen LogP contribution is -2.39. The minimum absolute atomic E-state index is 0.208. The van der Waals surface area contributed by atoms with Crippen molar-refractivity contribution >= 4 is 23.5 Å². The second kappa shape index (κ2) is 8.31. The maximum Gasteiger partial charge on any atom is 0.338 e. The molecule has 23 heavy (non-hydrogen) atoms. The number of carbonyl (C=O) groups is 2. The molecule has 1 rings (SSSR count). The fraction of sp³-hybridized carbons (Fsp3) is 0.529. The minimum atomic E-state index is -0.856. The molecule has 5 nitrogen and oxygen atoms in total. The molecule has 128 valence electrons. The molecule has 1 amide bonds. The van der Waals surface area contributed by atoms with Gasteiger partial charge in [0.1, 0.15) is 5.60 Å². The number of nitrogens with one attached hydrogen (secondary N) is 1. The number of benzene rings is 1. The van der Waals surface area contributed by atoms with Crippen LogP contribution in [0.1, 0.15) is 51.4 Å². The third-order valence-corrected chi connectivity index (χ3v) is 3.01. The van der Waals surface area contributed by atoms with Gasteiger partial charge in [-0.1, -0.05) is 25.4 Å². The molecule has 0 heterocycles. The third-order valence-electron chi connectivity index (χ3n) is 2.76. The molecule has 0 radical (unpaired) electrons. The highest BCUT2D eigenvalue weighted by molar-refractivity contribution is 6.30. The Balaban J connectivity index is 2.68. The molecule has 0 saturated heterocycles. The molecule has 6 heteroatoms. The normalized spacial score (nSPS) is 12.8. The van der Waals surface area contributed by atoms with E-state index in [9.17, 15) is 9.59 Å². The number of hydroxylamine groups is 1. The largest absolute Gasteiger partial charge is 0.458 e. The van der Waals surface area contributed by atoms with Crippen LogP contribution in [-0.4, -0.2) is 23.6 Å². The average Bonchev–Trinajstić information content (AvgIpc) is 2.41. The predicted molar refractivity (Wildman–Crippen MR) is 89.1 cm³/mol. The SMILES string of the molecule is CC(C)C[C@@H](ONC(=O)c1ccc(Cl)cc1)C(=O)OC(C)(C)C. The third kappa shape index (κ3) is 7.48. The summed E-state index contributed by atoms with van der Waals surface area (Å²) >= 11 is 5.78. The molecule has 0 aliphatic heterocycles. The Morgan fingerprint density at radius 3 is 2.22 bits per heavy atom. The lowest BCUT2D eigenvalue weighted by atomic mass is 10.1. The quantitative estimate of drug-likeness (QED) is 0.632. The lowest BCUT2D eigenvalue weighted by molar-refractivity contribution is -0.173. The van der Waals surface area contributed by atoms with E-state index in [2.05, 4.69) is 5.48 Å². The summed E-state index contributed by atoms with van der Waals surface area (Å²) in [5, 5.41) is 0.536. The Kier molecular flexibility index (Phi) is 7.03. The first-order valence-electron chi connectivity index (χ1n) is 7.53. The molecule has 0 fully saturated rings. The van der Waals surface area contributed by atoms with Crippen molar-refractivity contribution in [2.24, 2.45) is 5.92 Å². The number of hydrogen-bond acceptors (Lipinski definition) is 4. The molecule has 0 spiro atoms. The Morgan fingerprint density at radius 2 is 1.74 bits per heavy atom. The van der Waals surface area contributed by atoms with Crippen LogP contribution in [0.25, 0.3) is 0 Å². The molecule has 0 aliphatic rings. The second-order valence-corrected chi connectivity index (χ2v) is 7.14. The van der Waals surface area contributed by atoms with Crippen LogP contribution in [0.15, 0.2) is 24.3 Å². The van der Waals surface area contributed by atoms with Crippen LogP contribution in [0, 0.1) is 5.92 Å². The molecule has 1 atom stereocenters. The first-order valence-corrected chi connectivity index (χ1v) is 7.90. The molecular formula is C17H24ClNO4. The number of rotatable bonds is 6. The van der Waals surface area contributed by atoms with Gasteiger partial charge in [0, 0.05) is 10.6 Å². The first kappa shape index (κ1) is 19.5. The van der Waals surface area contributed by atoms with Gasteiger partial charge < -0.3 is 4.74 Å². The van der Waals surface area contributed by atoms with Crippen LogP contribution in [0.3, 0.4) is 0 Å². The van der Waals surface area contributed by atoms with E-state index in [0.717, 1.165) is 0 Å². The van der Waals surface area contributed by atoms with Crippen LogP contribution < -0.4 is 5.48 Å². The summed E-state index contributed by atoms with van der Waals surface area (Å²) in [6, 6.07) is 6.36. The maximum atomic E-state index is 12.2. The maximum absolute atomic E-state index is 12.2. The van der Waals surface area contributed by atoms with Crippen LogP contribution in [0.5, 0.6) is 0 Å². The molecule has 0 unspecified atom stereocenters. The van der Waals surface area contributed by atoms with Crippen molar-refractivity contribution in [1.29, 1.82) is 0 Å². The van der Waals surface area contributed by atoms with E-state index in [1.54, 1.807) is 45.0 Å². The standard InChI is InChI=1S/C17H24ClNO4/c1-11(2)10-14(16(21)22-17(3,4)5)23-19-15(20)12-6-8-13(18)9-7-12/h6-9,11,14H,10H2,1-5H3,(H,19,20)/t14-/m1/s1. The van der Waals surface area contributed by atoms with Crippen molar-refractivity contribution in [2.45, 2.75) is 52.7 Å². The minimum Gasteiger partial charge on any atom is -0.458 e. The van der Waals surface area contributed by atoms with E-state index in [1.165, 1.54) is 0 Å². The number of ether oxygens (including phenoxy) is 1. The average molecular weight is 342 g/mol. The summed E-state index contributed by atoms with van der Waals surface area (Å²) < 4.78 is 5.32. The zero-order valence-corrected chi connectivity index (χ0v) is 14.9. The Morgan fingerprint density at radius 1 is 1.17 bits per heavy atom. The molecule has 1 aromatic carbocycles. The molecule has 0 aliphatic carbocycles. The van der Waals surface area contributed by atoms with Gasteiger partial charge in [-0.3, -0.25) is 9.63 Å². The Bertz CT molecular complexity index is 535. The molecular weight excluding hydrogens is 318 g/mol. The summed E-state index contributed by atoms with van der Waals surface area (Å²) in [7, 11) is 0. The summed E-state index contributed by atoms with van der Waals surface area (Å²) in [5.41, 5.74) is 2.08. The van der Waals surface area contributed by atoms with E-state index in [0.29, 0.717) is 17.0 Å². The van der Waals surface area contributed by atoms with E-state index in [4.69, 9.17) is 21.2 Å². The summed E-state index contributed by atoms with van der Waals surface area (Å²) in [5.74, 6) is -0.735. The number of amides is 1. The van der Waals surface area contributed by atoms with Gasteiger partial charge in [0.2, 0.25) is 0 Å². The van der Waals surface area contributed by atoms with E-state index >= 15 is 0 Å².